The summed E-state index contributed by atoms with van der Waals surface area (Å²) in [7, 11) is -3.23. The summed E-state index contributed by atoms with van der Waals surface area (Å²) in [4.78, 5) is 18.5. The zero-order chi connectivity index (χ0) is 20.9. The van der Waals surface area contributed by atoms with E-state index in [2.05, 4.69) is 14.9 Å². The number of aromatic nitrogens is 2. The quantitative estimate of drug-likeness (QED) is 0.691. The average molecular weight is 423 g/mol. The zero-order valence-electron chi connectivity index (χ0n) is 16.6. The second-order valence-corrected chi connectivity index (χ2v) is 8.92. The van der Waals surface area contributed by atoms with Gasteiger partial charge in [0.15, 0.2) is 6.61 Å². The van der Waals surface area contributed by atoms with Gasteiger partial charge in [-0.3, -0.25) is 4.79 Å². The number of ether oxygens (including phenoxy) is 1. The Kier molecular flexibility index (Phi) is 6.86. The third-order valence-corrected chi connectivity index (χ3v) is 6.28. The molecule has 0 bridgehead atoms. The van der Waals surface area contributed by atoms with Crippen LogP contribution in [0, 0.1) is 6.92 Å². The normalized spacial score (nSPS) is 15.4. The maximum Gasteiger partial charge on any atom is 0.253 e. The fraction of sp³-hybridized carbons (Fsp3) is 0.526. The molecule has 1 amide bonds. The number of aryl methyl sites for hydroxylation is 1. The zero-order valence-corrected chi connectivity index (χ0v) is 17.4. The van der Waals surface area contributed by atoms with Gasteiger partial charge in [-0.2, -0.15) is 4.98 Å². The molecule has 1 fully saturated rings. The highest BCUT2D eigenvalue weighted by molar-refractivity contribution is 7.89. The Balaban J connectivity index is 1.49. The first-order valence-corrected chi connectivity index (χ1v) is 11.3. The number of hydrogen-bond donors (Lipinski definition) is 1. The van der Waals surface area contributed by atoms with Crippen molar-refractivity contribution in [3.8, 4) is 5.75 Å². The number of sulfonamides is 1. The highest BCUT2D eigenvalue weighted by atomic mass is 32.2. The van der Waals surface area contributed by atoms with Gasteiger partial charge in [0.05, 0.1) is 5.75 Å². The van der Waals surface area contributed by atoms with Gasteiger partial charge in [-0.15, -0.1) is 0 Å². The van der Waals surface area contributed by atoms with Crippen LogP contribution in [0.25, 0.3) is 0 Å². The second kappa shape index (κ2) is 9.36. The van der Waals surface area contributed by atoms with Crippen molar-refractivity contribution >= 4 is 15.9 Å². The predicted molar refractivity (Wildman–Crippen MR) is 106 cm³/mol. The number of likely N-dealkylation sites (tertiary alicyclic amines) is 1. The van der Waals surface area contributed by atoms with E-state index in [9.17, 15) is 13.2 Å². The molecule has 3 rings (SSSR count). The number of benzene rings is 1. The van der Waals surface area contributed by atoms with E-state index in [-0.39, 0.29) is 24.3 Å². The van der Waals surface area contributed by atoms with E-state index < -0.39 is 10.0 Å². The van der Waals surface area contributed by atoms with Crippen LogP contribution in [0.4, 0.5) is 0 Å². The van der Waals surface area contributed by atoms with Gasteiger partial charge >= 0.3 is 0 Å². The maximum atomic E-state index is 12.7. The molecule has 1 saturated heterocycles. The molecule has 0 saturated carbocycles. The van der Waals surface area contributed by atoms with Gasteiger partial charge in [-0.05, 0) is 43.5 Å². The van der Waals surface area contributed by atoms with Gasteiger partial charge in [-0.1, -0.05) is 12.1 Å². The van der Waals surface area contributed by atoms with Gasteiger partial charge in [0.2, 0.25) is 21.7 Å². The van der Waals surface area contributed by atoms with Crippen LogP contribution in [0.2, 0.25) is 0 Å². The molecule has 1 aromatic carbocycles. The number of hydrogen-bond acceptors (Lipinski definition) is 7. The lowest BCUT2D eigenvalue weighted by Crippen LogP contribution is -2.46. The second-order valence-electron chi connectivity index (χ2n) is 7.05. The third-order valence-electron chi connectivity index (χ3n) is 4.64. The number of piperidine rings is 1. The minimum Gasteiger partial charge on any atom is -0.485 e. The fourth-order valence-corrected chi connectivity index (χ4v) is 4.61. The highest BCUT2D eigenvalue weighted by Crippen LogP contribution is 2.18. The van der Waals surface area contributed by atoms with E-state index in [0.717, 1.165) is 0 Å². The Bertz CT molecular complexity index is 918. The summed E-state index contributed by atoms with van der Waals surface area (Å²) in [5, 5.41) is 3.76. The van der Waals surface area contributed by atoms with Crippen LogP contribution in [0.15, 0.2) is 28.8 Å². The molecule has 1 aromatic heterocycles. The Hall–Kier alpha value is -2.46. The van der Waals surface area contributed by atoms with Gasteiger partial charge in [0.25, 0.3) is 5.91 Å². The maximum absolute atomic E-state index is 12.7. The third kappa shape index (κ3) is 6.01. The van der Waals surface area contributed by atoms with Crippen molar-refractivity contribution in [2.24, 2.45) is 0 Å². The Labute approximate surface area is 170 Å². The first kappa shape index (κ1) is 21.3. The predicted octanol–water partition coefficient (Wildman–Crippen LogP) is 1.89. The summed E-state index contributed by atoms with van der Waals surface area (Å²) >= 11 is 0. The van der Waals surface area contributed by atoms with Crippen molar-refractivity contribution in [1.29, 1.82) is 0 Å². The summed E-state index contributed by atoms with van der Waals surface area (Å²) in [6.45, 7) is 4.77. The number of nitrogens with zero attached hydrogens (tertiary/aromatic N) is 3. The standard InChI is InChI=1S/C19H26N4O5S/c1-3-12-29(25,26)22-16-8-10-23(11-9-16)19(24)15-4-6-17(7-5-15)27-13-18-20-14(2)28-21-18/h4-7,16,22H,3,8-13H2,1-2H3. The van der Waals surface area contributed by atoms with Gasteiger partial charge in [-0.25, -0.2) is 13.1 Å². The van der Waals surface area contributed by atoms with E-state index in [1.54, 1.807) is 36.1 Å². The van der Waals surface area contributed by atoms with Crippen molar-refractivity contribution in [2.75, 3.05) is 18.8 Å². The molecule has 2 heterocycles. The van der Waals surface area contributed by atoms with Crippen LogP contribution in [0.3, 0.4) is 0 Å². The molecule has 158 valence electrons. The van der Waals surface area contributed by atoms with Crippen molar-refractivity contribution in [3.63, 3.8) is 0 Å². The molecule has 1 N–H and O–H groups in total. The van der Waals surface area contributed by atoms with Crippen LogP contribution in [0.1, 0.15) is 48.3 Å². The Morgan fingerprint density at radius 1 is 1.28 bits per heavy atom. The number of nitrogens with one attached hydrogen (secondary N) is 1. The molecule has 0 aliphatic carbocycles. The molecule has 0 unspecified atom stereocenters. The molecular weight excluding hydrogens is 396 g/mol. The molecule has 0 radical (unpaired) electrons. The molecule has 9 nitrogen and oxygen atoms in total. The monoisotopic (exact) mass is 422 g/mol. The Morgan fingerprint density at radius 3 is 2.55 bits per heavy atom. The van der Waals surface area contributed by atoms with E-state index in [1.165, 1.54) is 0 Å². The highest BCUT2D eigenvalue weighted by Gasteiger charge is 2.26. The molecular formula is C19H26N4O5S. The smallest absolute Gasteiger partial charge is 0.253 e. The van der Waals surface area contributed by atoms with E-state index in [0.29, 0.717) is 55.4 Å². The molecule has 2 aromatic rings. The Morgan fingerprint density at radius 2 is 1.97 bits per heavy atom. The lowest BCUT2D eigenvalue weighted by molar-refractivity contribution is 0.0711. The van der Waals surface area contributed by atoms with E-state index >= 15 is 0 Å². The SMILES string of the molecule is CCCS(=O)(=O)NC1CCN(C(=O)c2ccc(OCc3noc(C)n3)cc2)CC1. The molecule has 29 heavy (non-hydrogen) atoms. The van der Waals surface area contributed by atoms with E-state index in [4.69, 9.17) is 9.26 Å². The number of rotatable bonds is 8. The fourth-order valence-electron chi connectivity index (χ4n) is 3.21. The van der Waals surface area contributed by atoms with Crippen molar-refractivity contribution in [2.45, 2.75) is 45.8 Å². The number of carbonyl (C=O) groups is 1. The molecule has 1 aliphatic heterocycles. The number of amides is 1. The van der Waals surface area contributed by atoms with Crippen LogP contribution in [0.5, 0.6) is 5.75 Å². The number of carbonyl (C=O) groups excluding carboxylic acids is 1. The van der Waals surface area contributed by atoms with Crippen molar-refractivity contribution < 1.29 is 22.5 Å². The largest absolute Gasteiger partial charge is 0.485 e. The molecule has 0 spiro atoms. The molecule has 1 aliphatic rings. The summed E-state index contributed by atoms with van der Waals surface area (Å²) in [6.07, 6.45) is 1.81. The van der Waals surface area contributed by atoms with Crippen LogP contribution < -0.4 is 9.46 Å². The van der Waals surface area contributed by atoms with Crippen molar-refractivity contribution in [1.82, 2.24) is 19.8 Å². The average Bonchev–Trinajstić information content (AvgIpc) is 3.12. The topological polar surface area (TPSA) is 115 Å². The van der Waals surface area contributed by atoms with Gasteiger partial charge in [0, 0.05) is 31.6 Å². The van der Waals surface area contributed by atoms with E-state index in [1.807, 2.05) is 6.92 Å². The van der Waals surface area contributed by atoms with Crippen LogP contribution in [-0.2, 0) is 16.6 Å². The van der Waals surface area contributed by atoms with Crippen LogP contribution in [-0.4, -0.2) is 54.2 Å². The minimum absolute atomic E-state index is 0.0693. The first-order valence-electron chi connectivity index (χ1n) is 9.67. The molecule has 0 atom stereocenters. The summed E-state index contributed by atoms with van der Waals surface area (Å²) in [5.41, 5.74) is 0.567. The van der Waals surface area contributed by atoms with Crippen molar-refractivity contribution in [3.05, 3.63) is 41.5 Å². The molecule has 10 heteroatoms. The minimum atomic E-state index is -3.23. The lowest BCUT2D eigenvalue weighted by Gasteiger charge is -2.32. The lowest BCUT2D eigenvalue weighted by atomic mass is 10.0. The van der Waals surface area contributed by atoms with Crippen LogP contribution >= 0.6 is 0 Å². The summed E-state index contributed by atoms with van der Waals surface area (Å²) in [6, 6.07) is 6.78. The first-order chi connectivity index (χ1) is 13.9. The van der Waals surface area contributed by atoms with Gasteiger partial charge in [0.1, 0.15) is 5.75 Å². The summed E-state index contributed by atoms with van der Waals surface area (Å²) in [5.74, 6) is 1.60. The van der Waals surface area contributed by atoms with Gasteiger partial charge < -0.3 is 14.2 Å². The summed E-state index contributed by atoms with van der Waals surface area (Å²) < 4.78 is 37.0.